The van der Waals surface area contributed by atoms with E-state index in [9.17, 15) is 4.79 Å². The highest BCUT2D eigenvalue weighted by Gasteiger charge is 2.21. The lowest BCUT2D eigenvalue weighted by Gasteiger charge is -2.16. The standard InChI is InChI=1S/C20H27N5OS.HI/c1-4-21-20(23-13-18-14(2)24-15(3)27-18)22-12-16-7-9-17(10-8-16)25-11-5-6-19(25)26;/h7-10H,4-6,11-13H2,1-3H3,(H2,21,22,23);1H. The molecule has 2 heterocycles. The summed E-state index contributed by atoms with van der Waals surface area (Å²) in [4.78, 5) is 24.1. The lowest BCUT2D eigenvalue weighted by molar-refractivity contribution is -0.117. The second-order valence-corrected chi connectivity index (χ2v) is 7.89. The van der Waals surface area contributed by atoms with E-state index in [-0.39, 0.29) is 29.9 Å². The minimum absolute atomic E-state index is 0. The molecule has 1 amide bonds. The summed E-state index contributed by atoms with van der Waals surface area (Å²) >= 11 is 1.71. The molecule has 6 nitrogen and oxygen atoms in total. The third kappa shape index (κ3) is 5.91. The van der Waals surface area contributed by atoms with E-state index in [0.29, 0.717) is 13.0 Å². The number of guanidine groups is 1. The first kappa shape index (κ1) is 22.6. The summed E-state index contributed by atoms with van der Waals surface area (Å²) in [6.45, 7) is 9.06. The monoisotopic (exact) mass is 513 g/mol. The van der Waals surface area contributed by atoms with Crippen molar-refractivity contribution in [3.8, 4) is 0 Å². The van der Waals surface area contributed by atoms with Crippen LogP contribution in [0.3, 0.4) is 0 Å². The molecule has 8 heteroatoms. The maximum atomic E-state index is 11.8. The number of aromatic nitrogens is 1. The molecular formula is C20H28IN5OS. The van der Waals surface area contributed by atoms with E-state index in [2.05, 4.69) is 27.5 Å². The molecule has 0 saturated carbocycles. The number of anilines is 1. The summed E-state index contributed by atoms with van der Waals surface area (Å²) in [5.74, 6) is 1.01. The van der Waals surface area contributed by atoms with Crippen molar-refractivity contribution in [1.82, 2.24) is 15.6 Å². The maximum Gasteiger partial charge on any atom is 0.227 e. The van der Waals surface area contributed by atoms with Gasteiger partial charge in [0.25, 0.3) is 0 Å². The Balaban J connectivity index is 0.00000280. The third-order valence-electron chi connectivity index (χ3n) is 4.50. The fourth-order valence-electron chi connectivity index (χ4n) is 3.12. The number of aliphatic imine (C=N–C) groups is 1. The summed E-state index contributed by atoms with van der Waals surface area (Å²) < 4.78 is 0. The van der Waals surface area contributed by atoms with Crippen molar-refractivity contribution in [3.63, 3.8) is 0 Å². The highest BCUT2D eigenvalue weighted by Crippen LogP contribution is 2.21. The summed E-state index contributed by atoms with van der Waals surface area (Å²) in [6.07, 6.45) is 1.60. The molecule has 1 fully saturated rings. The number of carbonyl (C=O) groups is 1. The van der Waals surface area contributed by atoms with Gasteiger partial charge in [-0.1, -0.05) is 12.1 Å². The number of nitrogens with one attached hydrogen (secondary N) is 2. The van der Waals surface area contributed by atoms with Gasteiger partial charge in [-0.2, -0.15) is 0 Å². The van der Waals surface area contributed by atoms with Gasteiger partial charge in [0.05, 0.1) is 23.8 Å². The number of amides is 1. The van der Waals surface area contributed by atoms with Crippen LogP contribution in [0.1, 0.15) is 40.9 Å². The van der Waals surface area contributed by atoms with Gasteiger partial charge in [0, 0.05) is 30.1 Å². The van der Waals surface area contributed by atoms with Crippen LogP contribution in [0.5, 0.6) is 0 Å². The highest BCUT2D eigenvalue weighted by atomic mass is 127. The summed E-state index contributed by atoms with van der Waals surface area (Å²) in [5.41, 5.74) is 3.17. The van der Waals surface area contributed by atoms with Crippen molar-refractivity contribution in [1.29, 1.82) is 0 Å². The van der Waals surface area contributed by atoms with Crippen LogP contribution in [0.25, 0.3) is 0 Å². The Morgan fingerprint density at radius 3 is 2.57 bits per heavy atom. The molecule has 0 bridgehead atoms. The Labute approximate surface area is 187 Å². The minimum atomic E-state index is 0. The first-order valence-electron chi connectivity index (χ1n) is 9.41. The Hall–Kier alpha value is -1.68. The van der Waals surface area contributed by atoms with Crippen molar-refractivity contribution in [3.05, 3.63) is 45.4 Å². The lowest BCUT2D eigenvalue weighted by atomic mass is 10.2. The van der Waals surface area contributed by atoms with Crippen LogP contribution in [-0.2, 0) is 17.9 Å². The zero-order chi connectivity index (χ0) is 19.2. The van der Waals surface area contributed by atoms with Crippen LogP contribution in [-0.4, -0.2) is 29.9 Å². The molecule has 1 aliphatic heterocycles. The van der Waals surface area contributed by atoms with Crippen LogP contribution >= 0.6 is 35.3 Å². The van der Waals surface area contributed by atoms with Crippen molar-refractivity contribution in [2.45, 2.75) is 46.7 Å². The summed E-state index contributed by atoms with van der Waals surface area (Å²) in [7, 11) is 0. The lowest BCUT2D eigenvalue weighted by Crippen LogP contribution is -2.36. The van der Waals surface area contributed by atoms with E-state index >= 15 is 0 Å². The molecule has 0 atom stereocenters. The number of nitrogens with zero attached hydrogens (tertiary/aromatic N) is 3. The number of carbonyl (C=O) groups excluding carboxylic acids is 1. The van der Waals surface area contributed by atoms with Gasteiger partial charge in [-0.05, 0) is 44.9 Å². The van der Waals surface area contributed by atoms with Crippen molar-refractivity contribution in [2.24, 2.45) is 4.99 Å². The summed E-state index contributed by atoms with van der Waals surface area (Å²) in [5, 5.41) is 7.75. The maximum absolute atomic E-state index is 11.8. The van der Waals surface area contributed by atoms with Gasteiger partial charge >= 0.3 is 0 Å². The molecule has 28 heavy (non-hydrogen) atoms. The molecule has 152 valence electrons. The van der Waals surface area contributed by atoms with E-state index in [1.165, 1.54) is 4.88 Å². The zero-order valence-electron chi connectivity index (χ0n) is 16.6. The van der Waals surface area contributed by atoms with E-state index in [1.807, 2.05) is 43.0 Å². The molecule has 3 rings (SSSR count). The number of halogens is 1. The summed E-state index contributed by atoms with van der Waals surface area (Å²) in [6, 6.07) is 8.12. The second kappa shape index (κ2) is 10.8. The number of benzene rings is 1. The predicted molar refractivity (Wildman–Crippen MR) is 127 cm³/mol. The Morgan fingerprint density at radius 2 is 2.00 bits per heavy atom. The number of hydrogen-bond donors (Lipinski definition) is 2. The molecule has 0 unspecified atom stereocenters. The van der Waals surface area contributed by atoms with Gasteiger partial charge in [0.2, 0.25) is 5.91 Å². The topological polar surface area (TPSA) is 69.6 Å². The second-order valence-electron chi connectivity index (χ2n) is 6.61. The van der Waals surface area contributed by atoms with E-state index in [0.717, 1.165) is 54.0 Å². The Morgan fingerprint density at radius 1 is 1.25 bits per heavy atom. The third-order valence-corrected chi connectivity index (χ3v) is 5.57. The predicted octanol–water partition coefficient (Wildman–Crippen LogP) is 3.76. The molecule has 0 aliphatic carbocycles. The van der Waals surface area contributed by atoms with Crippen molar-refractivity contribution in [2.75, 3.05) is 18.0 Å². The van der Waals surface area contributed by atoms with Gasteiger partial charge in [-0.25, -0.2) is 9.98 Å². The molecule has 1 aliphatic rings. The smallest absolute Gasteiger partial charge is 0.227 e. The van der Waals surface area contributed by atoms with Crippen LogP contribution in [0, 0.1) is 13.8 Å². The zero-order valence-corrected chi connectivity index (χ0v) is 19.8. The average molecular weight is 513 g/mol. The van der Waals surface area contributed by atoms with Gasteiger partial charge in [0.1, 0.15) is 0 Å². The van der Waals surface area contributed by atoms with Gasteiger partial charge in [0.15, 0.2) is 5.96 Å². The SMILES string of the molecule is CCNC(=NCc1ccc(N2CCCC2=O)cc1)NCc1sc(C)nc1C.I. The first-order chi connectivity index (χ1) is 13.1. The highest BCUT2D eigenvalue weighted by molar-refractivity contribution is 14.0. The van der Waals surface area contributed by atoms with Crippen LogP contribution in [0.2, 0.25) is 0 Å². The molecule has 1 aromatic carbocycles. The van der Waals surface area contributed by atoms with E-state index < -0.39 is 0 Å². The number of thiazole rings is 1. The van der Waals surface area contributed by atoms with Crippen LogP contribution in [0.15, 0.2) is 29.3 Å². The van der Waals surface area contributed by atoms with Crippen molar-refractivity contribution >= 4 is 52.9 Å². The quantitative estimate of drug-likeness (QED) is 0.351. The molecule has 1 saturated heterocycles. The van der Waals surface area contributed by atoms with E-state index in [4.69, 9.17) is 0 Å². The first-order valence-corrected chi connectivity index (χ1v) is 10.2. The fraction of sp³-hybridized carbons (Fsp3) is 0.450. The number of aryl methyl sites for hydroxylation is 2. The molecule has 0 radical (unpaired) electrons. The van der Waals surface area contributed by atoms with Crippen molar-refractivity contribution < 1.29 is 4.79 Å². The van der Waals surface area contributed by atoms with Crippen LogP contribution < -0.4 is 15.5 Å². The number of rotatable bonds is 6. The minimum Gasteiger partial charge on any atom is -0.357 e. The van der Waals surface area contributed by atoms with E-state index in [1.54, 1.807) is 11.3 Å². The molecule has 1 aromatic heterocycles. The van der Waals surface area contributed by atoms with Gasteiger partial charge in [-0.15, -0.1) is 35.3 Å². The number of hydrogen-bond acceptors (Lipinski definition) is 4. The molecule has 2 N–H and O–H groups in total. The molecule has 2 aromatic rings. The Bertz CT molecular complexity index is 819. The largest absolute Gasteiger partial charge is 0.357 e. The Kier molecular flexibility index (Phi) is 8.68. The van der Waals surface area contributed by atoms with Crippen LogP contribution in [0.4, 0.5) is 5.69 Å². The average Bonchev–Trinajstić information content (AvgIpc) is 3.22. The van der Waals surface area contributed by atoms with Gasteiger partial charge < -0.3 is 15.5 Å². The molecular weight excluding hydrogens is 485 g/mol. The molecule has 0 spiro atoms. The normalized spacial score (nSPS) is 14.2. The van der Waals surface area contributed by atoms with Gasteiger partial charge in [-0.3, -0.25) is 4.79 Å². The fourth-order valence-corrected chi connectivity index (χ4v) is 3.99.